The van der Waals surface area contributed by atoms with Gasteiger partial charge in [-0.1, -0.05) is 23.4 Å². The molecular weight excluding hydrogens is 616 g/mol. The molecule has 2 aliphatic rings. The van der Waals surface area contributed by atoms with E-state index in [1.165, 1.54) is 24.4 Å². The summed E-state index contributed by atoms with van der Waals surface area (Å²) in [6.07, 6.45) is -6.68. The normalized spacial score (nSPS) is 30.7. The van der Waals surface area contributed by atoms with Crippen LogP contribution in [-0.4, -0.2) is 83.0 Å². The van der Waals surface area contributed by atoms with Gasteiger partial charge in [-0.25, -0.2) is 28.7 Å². The summed E-state index contributed by atoms with van der Waals surface area (Å²) in [5.41, 5.74) is -4.08. The molecule has 0 aliphatic carbocycles. The van der Waals surface area contributed by atoms with Crippen LogP contribution in [0.1, 0.15) is 49.1 Å². The molecule has 0 radical (unpaired) electrons. The summed E-state index contributed by atoms with van der Waals surface area (Å²) in [5, 5.41) is 51.0. The van der Waals surface area contributed by atoms with Crippen LogP contribution in [0.3, 0.4) is 0 Å². The first kappa shape index (κ1) is 32.7. The van der Waals surface area contributed by atoms with Gasteiger partial charge in [-0.15, -0.1) is 5.10 Å². The predicted octanol–water partition coefficient (Wildman–Crippen LogP) is 4.08. The van der Waals surface area contributed by atoms with Gasteiger partial charge in [-0.2, -0.15) is 13.2 Å². The molecule has 5 rings (SSSR count). The van der Waals surface area contributed by atoms with Crippen molar-refractivity contribution >= 4 is 10.9 Å². The van der Waals surface area contributed by atoms with Crippen molar-refractivity contribution in [1.82, 2.24) is 15.0 Å². The zero-order valence-electron chi connectivity index (χ0n) is 23.7. The smallest absolute Gasteiger partial charge is 0.395 e. The summed E-state index contributed by atoms with van der Waals surface area (Å²) < 4.78 is 90.9. The van der Waals surface area contributed by atoms with Crippen molar-refractivity contribution < 1.29 is 51.5 Å². The number of aromatic nitrogens is 3. The van der Waals surface area contributed by atoms with E-state index >= 15 is 0 Å². The molecule has 15 heteroatoms. The Hall–Kier alpha value is -2.69. The Labute approximate surface area is 251 Å². The second-order valence-electron chi connectivity index (χ2n) is 12.0. The van der Waals surface area contributed by atoms with Gasteiger partial charge in [0.25, 0.3) is 0 Å². The largest absolute Gasteiger partial charge is 0.416 e. The molecule has 2 aliphatic heterocycles. The highest BCUT2D eigenvalue weighted by atomic mass is 32.2. The van der Waals surface area contributed by atoms with Gasteiger partial charge in [-0.05, 0) is 37.6 Å². The van der Waals surface area contributed by atoms with E-state index in [0.29, 0.717) is 12.1 Å². The molecule has 0 bridgehead atoms. The van der Waals surface area contributed by atoms with Crippen molar-refractivity contribution in [1.29, 1.82) is 0 Å². The number of halogens is 6. The quantitative estimate of drug-likeness (QED) is 0.155. The second kappa shape index (κ2) is 11.9. The minimum absolute atomic E-state index is 0.0168. The highest BCUT2D eigenvalue weighted by Gasteiger charge is 2.54. The predicted molar refractivity (Wildman–Crippen MR) is 150 cm³/mol. The zero-order chi connectivity index (χ0) is 32.2. The van der Waals surface area contributed by atoms with Crippen molar-refractivity contribution in [2.24, 2.45) is 0 Å². The molecule has 44 heavy (non-hydrogen) atoms. The topological polar surface area (TPSA) is 121 Å². The molecule has 0 saturated carbocycles. The van der Waals surface area contributed by atoms with E-state index in [4.69, 9.17) is 4.74 Å². The van der Waals surface area contributed by atoms with Crippen LogP contribution in [-0.2, 0) is 10.9 Å². The molecule has 0 amide bonds. The maximum Gasteiger partial charge on any atom is 0.416 e. The molecule has 0 spiro atoms. The third-order valence-corrected chi connectivity index (χ3v) is 11.9. The average Bonchev–Trinajstić information content (AvgIpc) is 3.40. The molecule has 2 aromatic carbocycles. The molecule has 2 fully saturated rings. The minimum atomic E-state index is -4.78. The van der Waals surface area contributed by atoms with Gasteiger partial charge in [0.1, 0.15) is 11.7 Å². The molecule has 1 unspecified atom stereocenters. The fourth-order valence-electron chi connectivity index (χ4n) is 6.60. The third kappa shape index (κ3) is 6.09. The van der Waals surface area contributed by atoms with Gasteiger partial charge < -0.3 is 25.2 Å². The lowest BCUT2D eigenvalue weighted by atomic mass is 9.79. The summed E-state index contributed by atoms with van der Waals surface area (Å²) in [7, 11) is -1.95. The highest BCUT2D eigenvalue weighted by molar-refractivity contribution is 8.18. The van der Waals surface area contributed by atoms with Crippen LogP contribution in [0.15, 0.2) is 42.6 Å². The van der Waals surface area contributed by atoms with E-state index in [9.17, 15) is 46.8 Å². The van der Waals surface area contributed by atoms with Crippen LogP contribution < -0.4 is 0 Å². The average molecular weight is 650 g/mol. The van der Waals surface area contributed by atoms with Crippen molar-refractivity contribution in [3.8, 4) is 11.3 Å². The van der Waals surface area contributed by atoms with Crippen molar-refractivity contribution in [2.75, 3.05) is 19.0 Å². The first-order valence-corrected chi connectivity index (χ1v) is 15.5. The maximum absolute atomic E-state index is 14.3. The van der Waals surface area contributed by atoms with Crippen molar-refractivity contribution in [2.45, 2.75) is 72.8 Å². The number of aliphatic hydroxyl groups excluding tert-OH is 3. The number of rotatable bonds is 6. The molecule has 3 heterocycles. The summed E-state index contributed by atoms with van der Waals surface area (Å²) in [4.78, 5) is 0. The summed E-state index contributed by atoms with van der Waals surface area (Å²) in [6.45, 7) is 2.79. The fourth-order valence-corrected chi connectivity index (χ4v) is 10.3. The summed E-state index contributed by atoms with van der Waals surface area (Å²) in [5.74, 6) is -4.79. The number of hydrogen-bond acceptors (Lipinski definition) is 7. The number of ether oxygens (including phenoxy) is 1. The Bertz CT molecular complexity index is 1480. The minimum Gasteiger partial charge on any atom is -0.395 e. The fraction of sp³-hybridized carbons (Fsp3) is 0.517. The Balaban J connectivity index is 1.55. The van der Waals surface area contributed by atoms with E-state index < -0.39 is 86.6 Å². The van der Waals surface area contributed by atoms with E-state index in [-0.39, 0.29) is 42.0 Å². The van der Waals surface area contributed by atoms with Crippen LogP contribution in [0.5, 0.6) is 0 Å². The lowest BCUT2D eigenvalue weighted by Gasteiger charge is -2.54. The van der Waals surface area contributed by atoms with E-state index in [0.717, 1.165) is 10.7 Å². The highest BCUT2D eigenvalue weighted by Crippen LogP contribution is 2.61. The maximum atomic E-state index is 14.3. The van der Waals surface area contributed by atoms with Gasteiger partial charge in [0.2, 0.25) is 0 Å². The SMILES string of the molecule is CC1(C)C[C@@](O)([C@H](c2ccccc2C(F)(F)F)[SH]2C[C@H](O)[C@H](n3cc(-c4cc(F)c(F)c(F)c4)nn3)[C@@H](O)[C@H]2CO)CCO1. The molecule has 8 nitrogen and oxygen atoms in total. The standard InChI is InChI=1S/C29H33F6N3O5S/c1-27(2)14-28(42,7-8-43-27)26(16-5-3-4-6-17(16)29(33,34)35)44-13-21(40)24(25(41)22(44)12-39)38-11-20(36-37-38)15-9-18(30)23(32)19(31)10-15/h3-6,9-11,21-22,24-26,39-42,44H,7-8,12-14H2,1-2H3/t21-,22+,24-,25-,26-,28+/m0/s1. The molecule has 242 valence electrons. The van der Waals surface area contributed by atoms with Gasteiger partial charge in [0, 0.05) is 34.7 Å². The summed E-state index contributed by atoms with van der Waals surface area (Å²) in [6, 6.07) is 5.00. The second-order valence-corrected chi connectivity index (χ2v) is 14.5. The van der Waals surface area contributed by atoms with Gasteiger partial charge >= 0.3 is 6.18 Å². The van der Waals surface area contributed by atoms with E-state index in [1.807, 2.05) is 0 Å². The lowest BCUT2D eigenvalue weighted by molar-refractivity contribution is -0.148. The molecule has 4 N–H and O–H groups in total. The van der Waals surface area contributed by atoms with Crippen LogP contribution in [0.25, 0.3) is 11.3 Å². The van der Waals surface area contributed by atoms with E-state index in [1.54, 1.807) is 13.8 Å². The van der Waals surface area contributed by atoms with Crippen LogP contribution in [0.2, 0.25) is 0 Å². The van der Waals surface area contributed by atoms with Crippen LogP contribution in [0.4, 0.5) is 26.3 Å². The molecule has 2 saturated heterocycles. The molecule has 3 aromatic rings. The van der Waals surface area contributed by atoms with Crippen molar-refractivity contribution in [3.63, 3.8) is 0 Å². The number of hydrogen-bond donors (Lipinski definition) is 5. The number of aliphatic hydroxyl groups is 4. The number of nitrogens with zero attached hydrogens (tertiary/aromatic N) is 3. The van der Waals surface area contributed by atoms with Crippen molar-refractivity contribution in [3.05, 3.63) is 71.2 Å². The number of alkyl halides is 3. The zero-order valence-corrected chi connectivity index (χ0v) is 24.6. The first-order valence-electron chi connectivity index (χ1n) is 13.9. The molecule has 7 atom stereocenters. The number of benzene rings is 2. The van der Waals surface area contributed by atoms with E-state index in [2.05, 4.69) is 10.3 Å². The summed E-state index contributed by atoms with van der Waals surface area (Å²) >= 11 is 0. The monoisotopic (exact) mass is 649 g/mol. The number of thiol groups is 1. The Kier molecular flexibility index (Phi) is 8.85. The lowest BCUT2D eigenvalue weighted by Crippen LogP contribution is -2.55. The first-order chi connectivity index (χ1) is 20.6. The third-order valence-electron chi connectivity index (χ3n) is 8.41. The van der Waals surface area contributed by atoms with Gasteiger partial charge in [0.15, 0.2) is 17.5 Å². The van der Waals surface area contributed by atoms with Crippen LogP contribution in [0, 0.1) is 17.5 Å². The van der Waals surface area contributed by atoms with Gasteiger partial charge in [0.05, 0.1) is 48.4 Å². The molecular formula is C29H33F6N3O5S. The molecule has 1 aromatic heterocycles. The Morgan fingerprint density at radius 3 is 2.39 bits per heavy atom. The van der Waals surface area contributed by atoms with Gasteiger partial charge in [-0.3, -0.25) is 0 Å². The Morgan fingerprint density at radius 1 is 1.11 bits per heavy atom. The van der Waals surface area contributed by atoms with Crippen LogP contribution >= 0.6 is 10.9 Å². The Morgan fingerprint density at radius 2 is 1.77 bits per heavy atom.